The zero-order valence-electron chi connectivity index (χ0n) is 18.0. The molecule has 0 radical (unpaired) electrons. The van der Waals surface area contributed by atoms with Crippen LogP contribution in [-0.2, 0) is 19.1 Å². The fourth-order valence-corrected chi connectivity index (χ4v) is 3.66. The van der Waals surface area contributed by atoms with Crippen LogP contribution >= 0.6 is 11.6 Å². The summed E-state index contributed by atoms with van der Waals surface area (Å²) in [6, 6.07) is 12.0. The van der Waals surface area contributed by atoms with E-state index in [2.05, 4.69) is 5.32 Å². The van der Waals surface area contributed by atoms with Crippen molar-refractivity contribution in [3.63, 3.8) is 0 Å². The van der Waals surface area contributed by atoms with Gasteiger partial charge in [0.15, 0.2) is 6.04 Å². The molecule has 172 valence electrons. The van der Waals surface area contributed by atoms with E-state index in [0.717, 1.165) is 4.90 Å². The lowest BCUT2D eigenvalue weighted by atomic mass is 10.1. The Morgan fingerprint density at radius 1 is 0.939 bits per heavy atom. The molecule has 2 aromatic carbocycles. The van der Waals surface area contributed by atoms with Crippen LogP contribution in [0, 0.1) is 0 Å². The van der Waals surface area contributed by atoms with Crippen molar-refractivity contribution >= 4 is 41.1 Å². The molecule has 0 aliphatic carbocycles. The highest BCUT2D eigenvalue weighted by Gasteiger charge is 2.34. The molecule has 2 aromatic rings. The number of Topliss-reactive ketones (excluding diaryl/α,β-unsaturated/α-hetero) is 1. The highest BCUT2D eigenvalue weighted by atomic mass is 35.5. The number of carbonyl (C=O) groups is 5. The number of hydrogen-bond acceptors (Lipinski definition) is 6. The quantitative estimate of drug-likeness (QED) is 0.422. The maximum atomic E-state index is 12.3. The lowest BCUT2D eigenvalue weighted by Crippen LogP contribution is -2.34. The van der Waals surface area contributed by atoms with E-state index in [1.807, 2.05) is 0 Å². The molecule has 8 nitrogen and oxygen atoms in total. The molecule has 3 amide bonds. The minimum Gasteiger partial charge on any atom is -0.467 e. The van der Waals surface area contributed by atoms with Gasteiger partial charge in [-0.3, -0.25) is 24.1 Å². The van der Waals surface area contributed by atoms with E-state index in [9.17, 15) is 24.0 Å². The van der Waals surface area contributed by atoms with Crippen molar-refractivity contribution < 1.29 is 28.7 Å². The number of methoxy groups -OCH3 is 1. The number of halogens is 1. The van der Waals surface area contributed by atoms with Crippen LogP contribution in [-0.4, -0.2) is 48.0 Å². The van der Waals surface area contributed by atoms with Gasteiger partial charge in [0.1, 0.15) is 5.78 Å². The van der Waals surface area contributed by atoms with Crippen molar-refractivity contribution in [2.45, 2.75) is 31.7 Å². The molecule has 33 heavy (non-hydrogen) atoms. The zero-order valence-corrected chi connectivity index (χ0v) is 18.8. The van der Waals surface area contributed by atoms with E-state index in [0.29, 0.717) is 21.7 Å². The number of carbonyl (C=O) groups excluding carboxylic acids is 5. The molecule has 1 N–H and O–H groups in total. The summed E-state index contributed by atoms with van der Waals surface area (Å²) < 4.78 is 4.76. The molecule has 0 unspecified atom stereocenters. The molecule has 1 atom stereocenters. The summed E-state index contributed by atoms with van der Waals surface area (Å²) in [6.45, 7) is -0.00163. The average molecular weight is 471 g/mol. The normalized spacial score (nSPS) is 13.5. The summed E-state index contributed by atoms with van der Waals surface area (Å²) in [5, 5.41) is 3.10. The monoisotopic (exact) mass is 470 g/mol. The summed E-state index contributed by atoms with van der Waals surface area (Å²) in [6.07, 6.45) is 0.421. The second-order valence-corrected chi connectivity index (χ2v) is 7.96. The zero-order chi connectivity index (χ0) is 24.0. The summed E-state index contributed by atoms with van der Waals surface area (Å²) in [7, 11) is 1.23. The van der Waals surface area contributed by atoms with Gasteiger partial charge in [-0.1, -0.05) is 35.9 Å². The smallest absolute Gasteiger partial charge is 0.333 e. The second-order valence-electron chi connectivity index (χ2n) is 7.52. The number of nitrogens with one attached hydrogen (secondary N) is 1. The van der Waals surface area contributed by atoms with Crippen molar-refractivity contribution in [2.75, 3.05) is 13.7 Å². The Kier molecular flexibility index (Phi) is 7.95. The topological polar surface area (TPSA) is 110 Å². The van der Waals surface area contributed by atoms with Crippen molar-refractivity contribution in [2.24, 2.45) is 0 Å². The van der Waals surface area contributed by atoms with Gasteiger partial charge in [0, 0.05) is 30.8 Å². The van der Waals surface area contributed by atoms with E-state index in [4.69, 9.17) is 16.3 Å². The molecule has 0 saturated carbocycles. The highest BCUT2D eigenvalue weighted by Crippen LogP contribution is 2.23. The third-order valence-corrected chi connectivity index (χ3v) is 5.55. The molecule has 1 aliphatic heterocycles. The third kappa shape index (κ3) is 5.84. The van der Waals surface area contributed by atoms with Gasteiger partial charge >= 0.3 is 5.97 Å². The SMILES string of the molecule is COC(=O)[C@@H](NC(=O)CCCC(=O)CCN1C(=O)c2ccccc2C1=O)c1ccc(Cl)cc1. The van der Waals surface area contributed by atoms with Gasteiger partial charge in [-0.05, 0) is 36.2 Å². The van der Waals surface area contributed by atoms with Gasteiger partial charge in [-0.15, -0.1) is 0 Å². The molecular weight excluding hydrogens is 448 g/mol. The van der Waals surface area contributed by atoms with Gasteiger partial charge in [-0.25, -0.2) is 4.79 Å². The number of ether oxygens (including phenoxy) is 1. The van der Waals surface area contributed by atoms with E-state index in [1.165, 1.54) is 7.11 Å². The first-order chi connectivity index (χ1) is 15.8. The van der Waals surface area contributed by atoms with Gasteiger partial charge in [0.05, 0.1) is 18.2 Å². The number of ketones is 1. The van der Waals surface area contributed by atoms with Crippen LogP contribution < -0.4 is 5.32 Å². The van der Waals surface area contributed by atoms with E-state index >= 15 is 0 Å². The summed E-state index contributed by atoms with van der Waals surface area (Å²) in [5.41, 5.74) is 1.21. The Bertz CT molecular complexity index is 1050. The number of rotatable bonds is 10. The molecule has 1 aliphatic rings. The van der Waals surface area contributed by atoms with E-state index in [1.54, 1.807) is 48.5 Å². The van der Waals surface area contributed by atoms with Crippen LogP contribution in [0.3, 0.4) is 0 Å². The van der Waals surface area contributed by atoms with Crippen molar-refractivity contribution in [3.8, 4) is 0 Å². The van der Waals surface area contributed by atoms with Gasteiger partial charge in [0.25, 0.3) is 11.8 Å². The molecule has 9 heteroatoms. The first-order valence-electron chi connectivity index (χ1n) is 10.4. The highest BCUT2D eigenvalue weighted by molar-refractivity contribution is 6.30. The molecule has 3 rings (SSSR count). The first-order valence-corrected chi connectivity index (χ1v) is 10.8. The van der Waals surface area contributed by atoms with Crippen molar-refractivity contribution in [3.05, 3.63) is 70.2 Å². The maximum Gasteiger partial charge on any atom is 0.333 e. The van der Waals surface area contributed by atoms with Crippen molar-refractivity contribution in [1.29, 1.82) is 0 Å². The predicted octanol–water partition coefficient (Wildman–Crippen LogP) is 3.10. The largest absolute Gasteiger partial charge is 0.467 e. The van der Waals surface area contributed by atoms with Crippen LogP contribution in [0.4, 0.5) is 0 Å². The van der Waals surface area contributed by atoms with E-state index < -0.39 is 29.7 Å². The lowest BCUT2D eigenvalue weighted by molar-refractivity contribution is -0.145. The number of hydrogen-bond donors (Lipinski definition) is 1. The minimum atomic E-state index is -0.982. The Morgan fingerprint density at radius 3 is 2.12 bits per heavy atom. The number of fused-ring (bicyclic) bond motifs is 1. The third-order valence-electron chi connectivity index (χ3n) is 5.30. The van der Waals surface area contributed by atoms with Crippen LogP contribution in [0.1, 0.15) is 58.0 Å². The average Bonchev–Trinajstić information content (AvgIpc) is 3.06. The number of esters is 1. The standard InChI is InChI=1S/C24H23ClN2O6/c1-33-24(32)21(15-9-11-16(25)12-10-15)26-20(29)8-4-5-17(28)13-14-27-22(30)18-6-2-3-7-19(18)23(27)31/h2-3,6-7,9-12,21H,4-5,8,13-14H2,1H3,(H,26,29)/t21-/m0/s1. The predicted molar refractivity (Wildman–Crippen MR) is 120 cm³/mol. The second kappa shape index (κ2) is 10.9. The summed E-state index contributed by atoms with van der Waals surface area (Å²) >= 11 is 5.86. The summed E-state index contributed by atoms with van der Waals surface area (Å²) in [5.74, 6) is -2.00. The Labute approximate surface area is 195 Å². The molecule has 0 fully saturated rings. The van der Waals surface area contributed by atoms with Crippen LogP contribution in [0.2, 0.25) is 5.02 Å². The maximum absolute atomic E-state index is 12.3. The molecule has 0 spiro atoms. The summed E-state index contributed by atoms with van der Waals surface area (Å²) in [4.78, 5) is 62.4. The first kappa shape index (κ1) is 24.1. The van der Waals surface area contributed by atoms with E-state index in [-0.39, 0.29) is 38.0 Å². The minimum absolute atomic E-state index is 0.00163. The fraction of sp³-hybridized carbons (Fsp3) is 0.292. The number of amides is 3. The van der Waals surface area contributed by atoms with Gasteiger partial charge < -0.3 is 10.1 Å². The molecule has 0 saturated heterocycles. The lowest BCUT2D eigenvalue weighted by Gasteiger charge is -2.17. The Morgan fingerprint density at radius 2 is 1.55 bits per heavy atom. The fourth-order valence-electron chi connectivity index (χ4n) is 3.53. The van der Waals surface area contributed by atoms with Crippen LogP contribution in [0.5, 0.6) is 0 Å². The van der Waals surface area contributed by atoms with Gasteiger partial charge in [0.2, 0.25) is 5.91 Å². The Hall–Kier alpha value is -3.52. The van der Waals surface area contributed by atoms with Gasteiger partial charge in [-0.2, -0.15) is 0 Å². The Balaban J connectivity index is 1.45. The van der Waals surface area contributed by atoms with Crippen molar-refractivity contribution in [1.82, 2.24) is 10.2 Å². The van der Waals surface area contributed by atoms with Crippen LogP contribution in [0.25, 0.3) is 0 Å². The number of benzene rings is 2. The number of nitrogens with zero attached hydrogens (tertiary/aromatic N) is 1. The molecule has 0 aromatic heterocycles. The van der Waals surface area contributed by atoms with Crippen LogP contribution in [0.15, 0.2) is 48.5 Å². The molecular formula is C24H23ClN2O6. The number of imide groups is 1. The molecule has 0 bridgehead atoms. The molecule has 1 heterocycles.